The second-order valence-electron chi connectivity index (χ2n) is 6.82. The van der Waals surface area contributed by atoms with Crippen molar-refractivity contribution in [3.63, 3.8) is 0 Å². The highest BCUT2D eigenvalue weighted by molar-refractivity contribution is 7.89. The summed E-state index contributed by atoms with van der Waals surface area (Å²) < 4.78 is 32.1. The maximum Gasteiger partial charge on any atom is 0.214 e. The molecule has 2 aromatic carbocycles. The monoisotopic (exact) mass is 369 g/mol. The van der Waals surface area contributed by atoms with E-state index in [1.165, 1.54) is 0 Å². The van der Waals surface area contributed by atoms with E-state index in [0.29, 0.717) is 26.1 Å². The summed E-state index contributed by atoms with van der Waals surface area (Å²) in [5.74, 6) is 2.62. The largest absolute Gasteiger partial charge is 0.454 e. The first-order valence-electron chi connectivity index (χ1n) is 8.81. The average Bonchev–Trinajstić information content (AvgIpc) is 2.86. The molecule has 3 heterocycles. The Morgan fingerprint density at radius 1 is 1.00 bits per heavy atom. The Balaban J connectivity index is 1.56. The number of piperazine rings is 1. The van der Waals surface area contributed by atoms with E-state index in [2.05, 4.69) is 4.90 Å². The van der Waals surface area contributed by atoms with Gasteiger partial charge in [0.15, 0.2) is 5.75 Å². The maximum atomic E-state index is 12.2. The number of benzene rings is 2. The molecular formula is C19H19N3O3S. The van der Waals surface area contributed by atoms with Crippen molar-refractivity contribution < 1.29 is 13.2 Å². The van der Waals surface area contributed by atoms with Crippen LogP contribution in [0.3, 0.4) is 0 Å². The van der Waals surface area contributed by atoms with Crippen molar-refractivity contribution >= 4 is 21.5 Å². The van der Waals surface area contributed by atoms with E-state index < -0.39 is 10.0 Å². The van der Waals surface area contributed by atoms with Crippen LogP contribution in [0.1, 0.15) is 12.0 Å². The molecule has 3 aliphatic rings. The van der Waals surface area contributed by atoms with Gasteiger partial charge in [0.25, 0.3) is 0 Å². The molecule has 0 aromatic heterocycles. The molecule has 0 N–H and O–H groups in total. The highest BCUT2D eigenvalue weighted by Gasteiger charge is 2.41. The van der Waals surface area contributed by atoms with E-state index in [4.69, 9.17) is 9.73 Å². The van der Waals surface area contributed by atoms with Crippen LogP contribution < -0.4 is 4.74 Å². The fraction of sp³-hybridized carbons (Fsp3) is 0.316. The number of para-hydroxylation sites is 3. The molecule has 0 aliphatic carbocycles. The average molecular weight is 369 g/mol. The number of ether oxygens (including phenoxy) is 1. The van der Waals surface area contributed by atoms with Gasteiger partial charge in [0.05, 0.1) is 11.3 Å². The molecule has 134 valence electrons. The molecule has 0 saturated carbocycles. The lowest BCUT2D eigenvalue weighted by Crippen LogP contribution is -2.53. The van der Waals surface area contributed by atoms with Crippen LogP contribution in [-0.2, 0) is 10.0 Å². The van der Waals surface area contributed by atoms with Gasteiger partial charge in [-0.05, 0) is 30.7 Å². The second kappa shape index (κ2) is 5.82. The minimum absolute atomic E-state index is 0.0306. The molecule has 7 heteroatoms. The van der Waals surface area contributed by atoms with Crippen molar-refractivity contribution in [3.8, 4) is 11.5 Å². The number of nitrogens with zero attached hydrogens (tertiary/aromatic N) is 3. The minimum atomic E-state index is -3.08. The quantitative estimate of drug-likeness (QED) is 0.716. The molecule has 26 heavy (non-hydrogen) atoms. The van der Waals surface area contributed by atoms with E-state index in [9.17, 15) is 8.42 Å². The maximum absolute atomic E-state index is 12.2. The van der Waals surface area contributed by atoms with Gasteiger partial charge < -0.3 is 9.64 Å². The van der Waals surface area contributed by atoms with Gasteiger partial charge in [-0.3, -0.25) is 0 Å². The normalized spacial score (nSPS) is 23.9. The lowest BCUT2D eigenvalue weighted by Gasteiger charge is -2.38. The smallest absolute Gasteiger partial charge is 0.214 e. The highest BCUT2D eigenvalue weighted by atomic mass is 32.2. The summed E-state index contributed by atoms with van der Waals surface area (Å²) in [4.78, 5) is 7.10. The summed E-state index contributed by atoms with van der Waals surface area (Å²) in [5.41, 5.74) is 1.73. The summed E-state index contributed by atoms with van der Waals surface area (Å²) in [6.07, 6.45) is 0.681. The number of sulfonamides is 1. The van der Waals surface area contributed by atoms with Gasteiger partial charge in [-0.15, -0.1) is 0 Å². The van der Waals surface area contributed by atoms with E-state index in [1.807, 2.05) is 48.5 Å². The van der Waals surface area contributed by atoms with Crippen molar-refractivity contribution in [1.29, 1.82) is 0 Å². The standard InChI is InChI=1S/C19H19N3O3S/c23-26(24)12-9-14-13-21(10-11-22(14)26)19-15-5-1-3-7-17(15)25-18-8-4-2-6-16(18)20-19/h1-8,14H,9-13H2. The topological polar surface area (TPSA) is 62.2 Å². The van der Waals surface area contributed by atoms with Crippen LogP contribution in [-0.4, -0.2) is 54.9 Å². The van der Waals surface area contributed by atoms with Gasteiger partial charge in [-0.2, -0.15) is 4.31 Å². The zero-order valence-corrected chi connectivity index (χ0v) is 15.0. The third-order valence-corrected chi connectivity index (χ3v) is 7.18. The van der Waals surface area contributed by atoms with Crippen LogP contribution in [0.5, 0.6) is 11.5 Å². The van der Waals surface area contributed by atoms with Gasteiger partial charge in [-0.25, -0.2) is 13.4 Å². The fourth-order valence-corrected chi connectivity index (χ4v) is 5.74. The van der Waals surface area contributed by atoms with E-state index >= 15 is 0 Å². The molecule has 2 fully saturated rings. The van der Waals surface area contributed by atoms with Gasteiger partial charge >= 0.3 is 0 Å². The fourth-order valence-electron chi connectivity index (χ4n) is 3.94. The van der Waals surface area contributed by atoms with Gasteiger partial charge in [-0.1, -0.05) is 24.3 Å². The number of fused-ring (bicyclic) bond motifs is 3. The Bertz CT molecular complexity index is 1000. The molecular weight excluding hydrogens is 350 g/mol. The van der Waals surface area contributed by atoms with E-state index in [-0.39, 0.29) is 11.8 Å². The number of aliphatic imine (C=N–C) groups is 1. The first-order chi connectivity index (χ1) is 12.6. The molecule has 0 spiro atoms. The predicted molar refractivity (Wildman–Crippen MR) is 99.6 cm³/mol. The van der Waals surface area contributed by atoms with Crippen molar-refractivity contribution in [2.45, 2.75) is 12.5 Å². The Morgan fingerprint density at radius 2 is 1.77 bits per heavy atom. The molecule has 0 amide bonds. The molecule has 1 unspecified atom stereocenters. The molecule has 3 aliphatic heterocycles. The number of amidine groups is 1. The van der Waals surface area contributed by atoms with E-state index in [1.54, 1.807) is 4.31 Å². The molecule has 2 saturated heterocycles. The third-order valence-electron chi connectivity index (χ3n) is 5.23. The zero-order chi connectivity index (χ0) is 17.7. The lowest BCUT2D eigenvalue weighted by atomic mass is 10.1. The minimum Gasteiger partial charge on any atom is -0.454 e. The van der Waals surface area contributed by atoms with Crippen LogP contribution in [0.2, 0.25) is 0 Å². The Hall–Kier alpha value is -2.38. The predicted octanol–water partition coefficient (Wildman–Crippen LogP) is 2.59. The second-order valence-corrected chi connectivity index (χ2v) is 8.86. The first-order valence-corrected chi connectivity index (χ1v) is 10.4. The number of rotatable bonds is 0. The van der Waals surface area contributed by atoms with Crippen LogP contribution in [0.4, 0.5) is 5.69 Å². The van der Waals surface area contributed by atoms with Crippen LogP contribution >= 0.6 is 0 Å². The number of hydrogen-bond acceptors (Lipinski definition) is 5. The van der Waals surface area contributed by atoms with Crippen molar-refractivity contribution in [1.82, 2.24) is 9.21 Å². The Kier molecular flexibility index (Phi) is 3.55. The van der Waals surface area contributed by atoms with Gasteiger partial charge in [0.2, 0.25) is 10.0 Å². The Labute approximate surface area is 152 Å². The molecule has 0 bridgehead atoms. The molecule has 2 aromatic rings. The van der Waals surface area contributed by atoms with Crippen LogP contribution in [0, 0.1) is 0 Å². The van der Waals surface area contributed by atoms with Crippen molar-refractivity contribution in [2.75, 3.05) is 25.4 Å². The summed E-state index contributed by atoms with van der Waals surface area (Å²) in [7, 11) is -3.08. The summed E-state index contributed by atoms with van der Waals surface area (Å²) in [5, 5.41) is 0. The van der Waals surface area contributed by atoms with Crippen molar-refractivity contribution in [3.05, 3.63) is 54.1 Å². The SMILES string of the molecule is O=S1(=O)CCC2CN(C3=Nc4ccccc4Oc4ccccc43)CCN21. The molecule has 6 nitrogen and oxygen atoms in total. The molecule has 1 atom stereocenters. The zero-order valence-electron chi connectivity index (χ0n) is 14.2. The first kappa shape index (κ1) is 15.8. The molecule has 0 radical (unpaired) electrons. The summed E-state index contributed by atoms with van der Waals surface area (Å²) in [6, 6.07) is 15.7. The van der Waals surface area contributed by atoms with Crippen LogP contribution in [0.15, 0.2) is 53.5 Å². The highest BCUT2D eigenvalue weighted by Crippen LogP contribution is 2.38. The number of hydrogen-bond donors (Lipinski definition) is 0. The summed E-state index contributed by atoms with van der Waals surface area (Å²) >= 11 is 0. The lowest BCUT2D eigenvalue weighted by molar-refractivity contribution is 0.206. The van der Waals surface area contributed by atoms with Gasteiger partial charge in [0, 0.05) is 25.7 Å². The Morgan fingerprint density at radius 3 is 2.65 bits per heavy atom. The van der Waals surface area contributed by atoms with Crippen molar-refractivity contribution in [2.24, 2.45) is 4.99 Å². The molecule has 5 rings (SSSR count). The third kappa shape index (κ3) is 2.50. The van der Waals surface area contributed by atoms with Crippen LogP contribution in [0.25, 0.3) is 0 Å². The van der Waals surface area contributed by atoms with Gasteiger partial charge in [0.1, 0.15) is 17.3 Å². The summed E-state index contributed by atoms with van der Waals surface area (Å²) in [6.45, 7) is 1.80. The van der Waals surface area contributed by atoms with E-state index in [0.717, 1.165) is 28.6 Å².